The van der Waals surface area contributed by atoms with E-state index in [1.165, 1.54) is 11.3 Å². The molecule has 2 nitrogen and oxygen atoms in total. The van der Waals surface area contributed by atoms with Crippen LogP contribution in [-0.2, 0) is 13.0 Å². The van der Waals surface area contributed by atoms with Gasteiger partial charge in [-0.25, -0.2) is 8.78 Å². The molecule has 1 N–H and O–H groups in total. The number of nitrogens with one attached hydrogen (secondary N) is 1. The van der Waals surface area contributed by atoms with Crippen LogP contribution in [-0.4, -0.2) is 31.5 Å². The zero-order chi connectivity index (χ0) is 12.3. The van der Waals surface area contributed by atoms with Crippen LogP contribution < -0.4 is 5.32 Å². The van der Waals surface area contributed by atoms with Crippen LogP contribution in [0.5, 0.6) is 0 Å². The van der Waals surface area contributed by atoms with Gasteiger partial charge in [0.2, 0.25) is 0 Å². The molecule has 1 aliphatic heterocycles. The van der Waals surface area contributed by atoms with Crippen molar-refractivity contribution in [3.8, 4) is 0 Å². The average molecular weight is 240 g/mol. The lowest BCUT2D eigenvalue weighted by atomic mass is 9.97. The number of alkyl halides is 2. The minimum absolute atomic E-state index is 0.170. The lowest BCUT2D eigenvalue weighted by Gasteiger charge is -2.23. The Labute approximate surface area is 101 Å². The Kier molecular flexibility index (Phi) is 3.94. The molecule has 1 aliphatic rings. The predicted molar refractivity (Wildman–Crippen MR) is 65.6 cm³/mol. The van der Waals surface area contributed by atoms with Crippen molar-refractivity contribution < 1.29 is 8.78 Å². The Balaban J connectivity index is 2.10. The monoisotopic (exact) mass is 240 g/mol. The topological polar surface area (TPSA) is 15.3 Å². The molecule has 0 amide bonds. The molecule has 0 spiro atoms. The second-order valence-electron chi connectivity index (χ2n) is 4.56. The SMILES string of the molecule is CN(Cc1cccc2c1CCCN2)CC(F)F. The third-order valence-corrected chi connectivity index (χ3v) is 3.08. The van der Waals surface area contributed by atoms with E-state index >= 15 is 0 Å². The number of halogens is 2. The third kappa shape index (κ3) is 3.16. The molecule has 2 rings (SSSR count). The summed E-state index contributed by atoms with van der Waals surface area (Å²) >= 11 is 0. The first-order valence-electron chi connectivity index (χ1n) is 5.98. The van der Waals surface area contributed by atoms with Gasteiger partial charge in [-0.05, 0) is 37.1 Å². The van der Waals surface area contributed by atoms with Gasteiger partial charge in [-0.2, -0.15) is 0 Å². The number of rotatable bonds is 4. The molecule has 0 saturated carbocycles. The van der Waals surface area contributed by atoms with Gasteiger partial charge < -0.3 is 5.32 Å². The lowest BCUT2D eigenvalue weighted by Crippen LogP contribution is -2.25. The Morgan fingerprint density at radius 3 is 3.00 bits per heavy atom. The lowest BCUT2D eigenvalue weighted by molar-refractivity contribution is 0.0974. The Morgan fingerprint density at radius 1 is 1.41 bits per heavy atom. The summed E-state index contributed by atoms with van der Waals surface area (Å²) in [6.07, 6.45) is -0.110. The number of benzene rings is 1. The van der Waals surface area contributed by atoms with Crippen LogP contribution in [0, 0.1) is 0 Å². The molecule has 0 aromatic heterocycles. The van der Waals surface area contributed by atoms with Crippen molar-refractivity contribution in [1.82, 2.24) is 4.90 Å². The van der Waals surface area contributed by atoms with Gasteiger partial charge in [0.25, 0.3) is 6.43 Å². The summed E-state index contributed by atoms with van der Waals surface area (Å²) in [4.78, 5) is 1.68. The summed E-state index contributed by atoms with van der Waals surface area (Å²) in [5.41, 5.74) is 3.62. The highest BCUT2D eigenvalue weighted by atomic mass is 19.3. The van der Waals surface area contributed by atoms with Crippen LogP contribution in [0.2, 0.25) is 0 Å². The third-order valence-electron chi connectivity index (χ3n) is 3.08. The maximum Gasteiger partial charge on any atom is 0.251 e. The fraction of sp³-hybridized carbons (Fsp3) is 0.538. The van der Waals surface area contributed by atoms with E-state index < -0.39 is 6.43 Å². The quantitative estimate of drug-likeness (QED) is 0.870. The minimum atomic E-state index is -2.27. The molecule has 0 saturated heterocycles. The highest BCUT2D eigenvalue weighted by molar-refractivity contribution is 5.56. The van der Waals surface area contributed by atoms with Gasteiger partial charge in [0, 0.05) is 18.8 Å². The maximum atomic E-state index is 12.3. The highest BCUT2D eigenvalue weighted by Gasteiger charge is 2.14. The fourth-order valence-electron chi connectivity index (χ4n) is 2.32. The first-order valence-corrected chi connectivity index (χ1v) is 5.98. The molecule has 0 unspecified atom stereocenters. The fourth-order valence-corrected chi connectivity index (χ4v) is 2.32. The molecule has 0 bridgehead atoms. The normalized spacial score (nSPS) is 14.9. The minimum Gasteiger partial charge on any atom is -0.385 e. The largest absolute Gasteiger partial charge is 0.385 e. The van der Waals surface area contributed by atoms with Gasteiger partial charge >= 0.3 is 0 Å². The van der Waals surface area contributed by atoms with Crippen LogP contribution in [0.3, 0.4) is 0 Å². The van der Waals surface area contributed by atoms with Crippen molar-refractivity contribution in [3.05, 3.63) is 29.3 Å². The first kappa shape index (κ1) is 12.3. The van der Waals surface area contributed by atoms with E-state index in [4.69, 9.17) is 0 Å². The van der Waals surface area contributed by atoms with Crippen molar-refractivity contribution in [3.63, 3.8) is 0 Å². The number of hydrogen-bond acceptors (Lipinski definition) is 2. The Bertz CT molecular complexity index is 380. The standard InChI is InChI=1S/C13H18F2N2/c1-17(9-13(14)15)8-10-4-2-6-12-11(10)5-3-7-16-12/h2,4,6,13,16H,3,5,7-9H2,1H3. The zero-order valence-corrected chi connectivity index (χ0v) is 10.0. The summed E-state index contributed by atoms with van der Waals surface area (Å²) in [5, 5.41) is 3.35. The van der Waals surface area contributed by atoms with E-state index in [0.29, 0.717) is 6.54 Å². The molecule has 1 aromatic carbocycles. The molecule has 94 valence electrons. The van der Waals surface area contributed by atoms with Crippen molar-refractivity contribution in [2.75, 3.05) is 25.5 Å². The molecule has 0 fully saturated rings. The van der Waals surface area contributed by atoms with Crippen molar-refractivity contribution in [2.24, 2.45) is 0 Å². The summed E-state index contributed by atoms with van der Waals surface area (Å²) in [5.74, 6) is 0. The number of anilines is 1. The van der Waals surface area contributed by atoms with E-state index in [-0.39, 0.29) is 6.54 Å². The molecule has 0 radical (unpaired) electrons. The zero-order valence-electron chi connectivity index (χ0n) is 10.0. The molecule has 0 atom stereocenters. The van der Waals surface area contributed by atoms with Gasteiger partial charge in [0.15, 0.2) is 0 Å². The summed E-state index contributed by atoms with van der Waals surface area (Å²) in [7, 11) is 1.74. The molecular formula is C13H18F2N2. The van der Waals surface area contributed by atoms with Crippen LogP contribution in [0.15, 0.2) is 18.2 Å². The molecular weight excluding hydrogens is 222 g/mol. The van der Waals surface area contributed by atoms with Gasteiger partial charge in [-0.15, -0.1) is 0 Å². The smallest absolute Gasteiger partial charge is 0.251 e. The number of hydrogen-bond donors (Lipinski definition) is 1. The second-order valence-corrected chi connectivity index (χ2v) is 4.56. The van der Waals surface area contributed by atoms with Gasteiger partial charge in [-0.3, -0.25) is 4.90 Å². The number of nitrogens with zero attached hydrogens (tertiary/aromatic N) is 1. The molecule has 17 heavy (non-hydrogen) atoms. The van der Waals surface area contributed by atoms with Crippen molar-refractivity contribution in [2.45, 2.75) is 25.8 Å². The number of fused-ring (bicyclic) bond motifs is 1. The Morgan fingerprint density at radius 2 is 2.24 bits per heavy atom. The summed E-state index contributed by atoms with van der Waals surface area (Å²) in [6, 6.07) is 6.08. The molecule has 4 heteroatoms. The predicted octanol–water partition coefficient (Wildman–Crippen LogP) is 2.74. The molecule has 1 aromatic rings. The van der Waals surface area contributed by atoms with Gasteiger partial charge in [0.1, 0.15) is 0 Å². The van der Waals surface area contributed by atoms with E-state index in [0.717, 1.165) is 24.9 Å². The molecule has 1 heterocycles. The van der Waals surface area contributed by atoms with E-state index in [9.17, 15) is 8.78 Å². The van der Waals surface area contributed by atoms with Crippen LogP contribution in [0.1, 0.15) is 17.5 Å². The van der Waals surface area contributed by atoms with E-state index in [2.05, 4.69) is 11.4 Å². The van der Waals surface area contributed by atoms with Crippen LogP contribution >= 0.6 is 0 Å². The van der Waals surface area contributed by atoms with Gasteiger partial charge in [-0.1, -0.05) is 12.1 Å². The maximum absolute atomic E-state index is 12.3. The van der Waals surface area contributed by atoms with Gasteiger partial charge in [0.05, 0.1) is 6.54 Å². The van der Waals surface area contributed by atoms with E-state index in [1.54, 1.807) is 11.9 Å². The second kappa shape index (κ2) is 5.45. The van der Waals surface area contributed by atoms with Crippen molar-refractivity contribution >= 4 is 5.69 Å². The van der Waals surface area contributed by atoms with E-state index in [1.807, 2.05) is 12.1 Å². The van der Waals surface area contributed by atoms with Crippen molar-refractivity contribution in [1.29, 1.82) is 0 Å². The molecule has 0 aliphatic carbocycles. The Hall–Kier alpha value is -1.16. The summed E-state index contributed by atoms with van der Waals surface area (Å²) in [6.45, 7) is 1.43. The average Bonchev–Trinajstić information content (AvgIpc) is 2.28. The summed E-state index contributed by atoms with van der Waals surface area (Å²) < 4.78 is 24.5. The van der Waals surface area contributed by atoms with Crippen LogP contribution in [0.25, 0.3) is 0 Å². The highest BCUT2D eigenvalue weighted by Crippen LogP contribution is 2.26. The first-order chi connectivity index (χ1) is 8.16. The van der Waals surface area contributed by atoms with Crippen LogP contribution in [0.4, 0.5) is 14.5 Å².